The first-order valence-corrected chi connectivity index (χ1v) is 7.98. The second-order valence-corrected chi connectivity index (χ2v) is 6.26. The molecule has 23 heavy (non-hydrogen) atoms. The van der Waals surface area contributed by atoms with Crippen molar-refractivity contribution in [3.8, 4) is 0 Å². The summed E-state index contributed by atoms with van der Waals surface area (Å²) in [6.07, 6.45) is 4.07. The highest BCUT2D eigenvalue weighted by atomic mass is 35.5. The maximum absolute atomic E-state index is 6.47. The van der Waals surface area contributed by atoms with Crippen molar-refractivity contribution >= 4 is 17.4 Å². The third-order valence-electron chi connectivity index (χ3n) is 3.94. The molecule has 1 aliphatic heterocycles. The number of aromatic nitrogens is 3. The van der Waals surface area contributed by atoms with Gasteiger partial charge in [-0.3, -0.25) is 4.98 Å². The molecule has 0 radical (unpaired) electrons. The van der Waals surface area contributed by atoms with Crippen LogP contribution in [0.5, 0.6) is 0 Å². The van der Waals surface area contributed by atoms with Crippen LogP contribution in [0.3, 0.4) is 0 Å². The normalized spacial score (nSPS) is 17.8. The highest BCUT2D eigenvalue weighted by molar-refractivity contribution is 6.28. The van der Waals surface area contributed by atoms with E-state index in [2.05, 4.69) is 19.9 Å². The predicted octanol–water partition coefficient (Wildman–Crippen LogP) is 1.78. The zero-order chi connectivity index (χ0) is 16.3. The largest absolute Gasteiger partial charge is 0.378 e. The summed E-state index contributed by atoms with van der Waals surface area (Å²) in [5.74, 6) is 0.824. The standard InChI is InChI=1S/C16H20ClN5O/c1-16(18,12-3-2-4-19-11-12)10-13-9-14(21-15(17)20-13)22-5-7-23-8-6-22/h2-4,9,11H,5-8,10,18H2,1H3. The summed E-state index contributed by atoms with van der Waals surface area (Å²) in [6, 6.07) is 5.81. The van der Waals surface area contributed by atoms with E-state index in [9.17, 15) is 0 Å². The molecule has 1 fully saturated rings. The Hall–Kier alpha value is -1.76. The van der Waals surface area contributed by atoms with Gasteiger partial charge in [-0.1, -0.05) is 6.07 Å². The van der Waals surface area contributed by atoms with E-state index in [4.69, 9.17) is 22.1 Å². The van der Waals surface area contributed by atoms with Crippen LogP contribution >= 0.6 is 11.6 Å². The van der Waals surface area contributed by atoms with Crippen LogP contribution in [0.15, 0.2) is 30.6 Å². The minimum absolute atomic E-state index is 0.242. The second kappa shape index (κ2) is 6.78. The summed E-state index contributed by atoms with van der Waals surface area (Å²) in [7, 11) is 0. The fourth-order valence-electron chi connectivity index (χ4n) is 2.68. The van der Waals surface area contributed by atoms with Crippen LogP contribution in [-0.2, 0) is 16.7 Å². The Bertz CT molecular complexity index is 659. The van der Waals surface area contributed by atoms with Gasteiger partial charge in [-0.2, -0.15) is 0 Å². The lowest BCUT2D eigenvalue weighted by molar-refractivity contribution is 0.122. The highest BCUT2D eigenvalue weighted by Gasteiger charge is 2.24. The van der Waals surface area contributed by atoms with Gasteiger partial charge in [0.1, 0.15) is 5.82 Å². The lowest BCUT2D eigenvalue weighted by atomic mass is 9.89. The minimum Gasteiger partial charge on any atom is -0.378 e. The zero-order valence-corrected chi connectivity index (χ0v) is 13.8. The molecule has 0 aromatic carbocycles. The van der Waals surface area contributed by atoms with Crippen molar-refractivity contribution in [2.24, 2.45) is 5.73 Å². The minimum atomic E-state index is -0.575. The van der Waals surface area contributed by atoms with E-state index in [0.29, 0.717) is 19.6 Å². The van der Waals surface area contributed by atoms with Gasteiger partial charge in [0.15, 0.2) is 0 Å². The number of nitrogens with zero attached hydrogens (tertiary/aromatic N) is 4. The molecule has 0 amide bonds. The number of pyridine rings is 1. The van der Waals surface area contributed by atoms with Gasteiger partial charge in [-0.15, -0.1) is 0 Å². The van der Waals surface area contributed by atoms with E-state index in [-0.39, 0.29) is 5.28 Å². The first-order chi connectivity index (χ1) is 11.0. The Kier molecular flexibility index (Phi) is 4.75. The van der Waals surface area contributed by atoms with Gasteiger partial charge in [0.2, 0.25) is 5.28 Å². The van der Waals surface area contributed by atoms with Crippen LogP contribution in [0.1, 0.15) is 18.2 Å². The Morgan fingerprint density at radius 1 is 1.35 bits per heavy atom. The number of rotatable bonds is 4. The molecule has 0 aliphatic carbocycles. The van der Waals surface area contributed by atoms with Crippen molar-refractivity contribution in [3.63, 3.8) is 0 Å². The van der Waals surface area contributed by atoms with E-state index in [1.165, 1.54) is 0 Å². The molecule has 3 rings (SSSR count). The summed E-state index contributed by atoms with van der Waals surface area (Å²) < 4.78 is 5.38. The Morgan fingerprint density at radius 3 is 2.83 bits per heavy atom. The number of anilines is 1. The number of nitrogens with two attached hydrogens (primary N) is 1. The molecule has 0 bridgehead atoms. The van der Waals surface area contributed by atoms with Crippen molar-refractivity contribution in [2.75, 3.05) is 31.2 Å². The van der Waals surface area contributed by atoms with Crippen molar-refractivity contribution < 1.29 is 4.74 Å². The summed E-state index contributed by atoms with van der Waals surface area (Å²) in [4.78, 5) is 15.0. The average Bonchev–Trinajstić information content (AvgIpc) is 2.55. The second-order valence-electron chi connectivity index (χ2n) is 5.92. The van der Waals surface area contributed by atoms with Crippen LogP contribution in [0.4, 0.5) is 5.82 Å². The molecule has 1 saturated heterocycles. The monoisotopic (exact) mass is 333 g/mol. The first-order valence-electron chi connectivity index (χ1n) is 7.60. The maximum atomic E-state index is 6.47. The quantitative estimate of drug-likeness (QED) is 0.859. The van der Waals surface area contributed by atoms with Gasteiger partial charge < -0.3 is 15.4 Å². The van der Waals surface area contributed by atoms with E-state index in [1.807, 2.05) is 25.1 Å². The van der Waals surface area contributed by atoms with Crippen LogP contribution in [-0.4, -0.2) is 41.3 Å². The SMILES string of the molecule is CC(N)(Cc1cc(N2CCOCC2)nc(Cl)n1)c1cccnc1. The lowest BCUT2D eigenvalue weighted by Crippen LogP contribution is -2.38. The van der Waals surface area contributed by atoms with Gasteiger partial charge in [0.25, 0.3) is 0 Å². The molecule has 7 heteroatoms. The van der Waals surface area contributed by atoms with Gasteiger partial charge in [0.05, 0.1) is 13.2 Å². The molecule has 1 atom stereocenters. The molecule has 2 aromatic rings. The molecule has 2 N–H and O–H groups in total. The van der Waals surface area contributed by atoms with E-state index >= 15 is 0 Å². The third kappa shape index (κ3) is 3.96. The number of hydrogen-bond donors (Lipinski definition) is 1. The lowest BCUT2D eigenvalue weighted by Gasteiger charge is -2.29. The first kappa shape index (κ1) is 16.1. The number of ether oxygens (including phenoxy) is 1. The van der Waals surface area contributed by atoms with Crippen LogP contribution in [0, 0.1) is 0 Å². The fraction of sp³-hybridized carbons (Fsp3) is 0.438. The topological polar surface area (TPSA) is 77.2 Å². The summed E-state index contributed by atoms with van der Waals surface area (Å²) in [5, 5.41) is 0.242. The molecule has 1 unspecified atom stereocenters. The maximum Gasteiger partial charge on any atom is 0.224 e. The molecule has 1 aliphatic rings. The Balaban J connectivity index is 1.83. The molecular weight excluding hydrogens is 314 g/mol. The molecule has 2 aromatic heterocycles. The van der Waals surface area contributed by atoms with Gasteiger partial charge in [-0.05, 0) is 30.2 Å². The smallest absolute Gasteiger partial charge is 0.224 e. The van der Waals surface area contributed by atoms with Crippen LogP contribution in [0.25, 0.3) is 0 Å². The van der Waals surface area contributed by atoms with E-state index in [1.54, 1.807) is 12.4 Å². The fourth-order valence-corrected chi connectivity index (χ4v) is 2.87. The summed E-state index contributed by atoms with van der Waals surface area (Å²) >= 11 is 6.11. The molecule has 122 valence electrons. The summed E-state index contributed by atoms with van der Waals surface area (Å²) in [5.41, 5.74) is 7.68. The van der Waals surface area contributed by atoms with Crippen molar-refractivity contribution in [3.05, 3.63) is 47.1 Å². The molecule has 3 heterocycles. The van der Waals surface area contributed by atoms with Crippen LogP contribution in [0.2, 0.25) is 5.28 Å². The van der Waals surface area contributed by atoms with Gasteiger partial charge in [-0.25, -0.2) is 9.97 Å². The number of hydrogen-bond acceptors (Lipinski definition) is 6. The van der Waals surface area contributed by atoms with Crippen molar-refractivity contribution in [1.29, 1.82) is 0 Å². The predicted molar refractivity (Wildman–Crippen MR) is 89.6 cm³/mol. The van der Waals surface area contributed by atoms with Crippen molar-refractivity contribution in [2.45, 2.75) is 18.9 Å². The summed E-state index contributed by atoms with van der Waals surface area (Å²) in [6.45, 7) is 4.96. The van der Waals surface area contributed by atoms with Crippen LogP contribution < -0.4 is 10.6 Å². The highest BCUT2D eigenvalue weighted by Crippen LogP contribution is 2.24. The number of halogens is 1. The Morgan fingerprint density at radius 2 is 2.13 bits per heavy atom. The molecular formula is C16H20ClN5O. The molecule has 0 saturated carbocycles. The number of morpholine rings is 1. The van der Waals surface area contributed by atoms with E-state index < -0.39 is 5.54 Å². The molecule has 6 nitrogen and oxygen atoms in total. The Labute approximate surface area is 140 Å². The third-order valence-corrected chi connectivity index (χ3v) is 4.11. The molecule has 0 spiro atoms. The average molecular weight is 334 g/mol. The van der Waals surface area contributed by atoms with E-state index in [0.717, 1.165) is 30.2 Å². The van der Waals surface area contributed by atoms with Gasteiger partial charge >= 0.3 is 0 Å². The van der Waals surface area contributed by atoms with Crippen molar-refractivity contribution in [1.82, 2.24) is 15.0 Å². The van der Waals surface area contributed by atoms with Gasteiger partial charge in [0, 0.05) is 49.2 Å². The zero-order valence-electron chi connectivity index (χ0n) is 13.1.